The van der Waals surface area contributed by atoms with Crippen molar-refractivity contribution >= 4 is 5.91 Å². The van der Waals surface area contributed by atoms with E-state index in [0.29, 0.717) is 18.9 Å². The molecule has 0 fully saturated rings. The number of aryl methyl sites for hydroxylation is 1. The number of unbranched alkanes of at least 4 members (excludes halogenated alkanes) is 1. The van der Waals surface area contributed by atoms with Crippen molar-refractivity contribution in [1.82, 2.24) is 35.1 Å². The van der Waals surface area contributed by atoms with E-state index in [1.54, 1.807) is 23.5 Å². The lowest BCUT2D eigenvalue weighted by molar-refractivity contribution is 0.0714. The van der Waals surface area contributed by atoms with Crippen LogP contribution in [0, 0.1) is 6.92 Å². The molecule has 8 nitrogen and oxygen atoms in total. The fraction of sp³-hybridized carbons (Fsp3) is 0.519. The van der Waals surface area contributed by atoms with Gasteiger partial charge in [0.05, 0.1) is 6.54 Å². The van der Waals surface area contributed by atoms with E-state index in [9.17, 15) is 4.79 Å². The summed E-state index contributed by atoms with van der Waals surface area (Å²) in [5.41, 5.74) is 3.18. The fourth-order valence-corrected chi connectivity index (χ4v) is 4.20. The van der Waals surface area contributed by atoms with Crippen LogP contribution < -0.4 is 5.32 Å². The summed E-state index contributed by atoms with van der Waals surface area (Å²) in [4.78, 5) is 32.0. The number of rotatable bonds is 16. The zero-order valence-corrected chi connectivity index (χ0v) is 21.5. The van der Waals surface area contributed by atoms with Crippen LogP contribution in [0.5, 0.6) is 0 Å². The van der Waals surface area contributed by atoms with Crippen molar-refractivity contribution in [1.29, 1.82) is 0 Å². The maximum Gasteiger partial charge on any atom is 0.290 e. The SMILES string of the molecule is CCCN(CCC)CCCCNCc1ccc(CN(Cc2ncc[nH]2)C(=O)c2ncc(C)[nH]2)cc1. The van der Waals surface area contributed by atoms with E-state index in [1.165, 1.54) is 50.9 Å². The number of imidazole rings is 2. The highest BCUT2D eigenvalue weighted by Gasteiger charge is 2.20. The number of hydrogen-bond donors (Lipinski definition) is 3. The van der Waals surface area contributed by atoms with E-state index in [4.69, 9.17) is 0 Å². The Bertz CT molecular complexity index is 975. The van der Waals surface area contributed by atoms with Crippen molar-refractivity contribution in [2.75, 3.05) is 26.2 Å². The molecule has 3 N–H and O–H groups in total. The number of nitrogens with one attached hydrogen (secondary N) is 3. The maximum absolute atomic E-state index is 13.1. The Morgan fingerprint density at radius 3 is 2.34 bits per heavy atom. The molecular formula is C27H41N7O. The second-order valence-electron chi connectivity index (χ2n) is 9.15. The summed E-state index contributed by atoms with van der Waals surface area (Å²) in [5, 5.41) is 3.56. The third-order valence-corrected chi connectivity index (χ3v) is 5.97. The minimum atomic E-state index is -0.142. The van der Waals surface area contributed by atoms with Gasteiger partial charge in [-0.3, -0.25) is 4.79 Å². The molecule has 35 heavy (non-hydrogen) atoms. The predicted molar refractivity (Wildman–Crippen MR) is 140 cm³/mol. The molecule has 190 valence electrons. The molecule has 0 saturated carbocycles. The molecule has 3 rings (SSSR count). The van der Waals surface area contributed by atoms with Gasteiger partial charge in [-0.25, -0.2) is 9.97 Å². The Morgan fingerprint density at radius 1 is 0.971 bits per heavy atom. The van der Waals surface area contributed by atoms with E-state index in [0.717, 1.165) is 30.2 Å². The number of hydrogen-bond acceptors (Lipinski definition) is 5. The molecule has 3 aromatic rings. The third-order valence-electron chi connectivity index (χ3n) is 5.97. The monoisotopic (exact) mass is 479 g/mol. The lowest BCUT2D eigenvalue weighted by Crippen LogP contribution is -2.31. The zero-order valence-electron chi connectivity index (χ0n) is 21.5. The molecule has 0 aliphatic carbocycles. The molecule has 0 aliphatic rings. The van der Waals surface area contributed by atoms with E-state index in [-0.39, 0.29) is 5.91 Å². The second-order valence-corrected chi connectivity index (χ2v) is 9.15. The molecule has 1 aromatic carbocycles. The molecule has 0 saturated heterocycles. The minimum absolute atomic E-state index is 0.142. The van der Waals surface area contributed by atoms with Crippen LogP contribution >= 0.6 is 0 Å². The average molecular weight is 480 g/mol. The van der Waals surface area contributed by atoms with Crippen LogP contribution in [0.3, 0.4) is 0 Å². The van der Waals surface area contributed by atoms with Gasteiger partial charge >= 0.3 is 0 Å². The topological polar surface area (TPSA) is 92.9 Å². The van der Waals surface area contributed by atoms with Crippen LogP contribution in [-0.4, -0.2) is 61.8 Å². The molecule has 0 unspecified atom stereocenters. The summed E-state index contributed by atoms with van der Waals surface area (Å²) in [6, 6.07) is 8.47. The van der Waals surface area contributed by atoms with Gasteiger partial charge in [-0.05, 0) is 69.9 Å². The molecule has 1 amide bonds. The van der Waals surface area contributed by atoms with Gasteiger partial charge in [0.25, 0.3) is 5.91 Å². The number of nitrogens with zero attached hydrogens (tertiary/aromatic N) is 4. The van der Waals surface area contributed by atoms with Gasteiger partial charge in [0.2, 0.25) is 0 Å². The lowest BCUT2D eigenvalue weighted by Gasteiger charge is -2.21. The Kier molecular flexibility index (Phi) is 11.0. The normalized spacial score (nSPS) is 11.3. The summed E-state index contributed by atoms with van der Waals surface area (Å²) < 4.78 is 0. The first-order valence-electron chi connectivity index (χ1n) is 12.9. The molecule has 0 bridgehead atoms. The highest BCUT2D eigenvalue weighted by Crippen LogP contribution is 2.13. The molecule has 0 atom stereocenters. The lowest BCUT2D eigenvalue weighted by atomic mass is 10.1. The van der Waals surface area contributed by atoms with Gasteiger partial charge in [0.1, 0.15) is 5.82 Å². The highest BCUT2D eigenvalue weighted by atomic mass is 16.2. The number of carbonyl (C=O) groups excluding carboxylic acids is 1. The van der Waals surface area contributed by atoms with Crippen molar-refractivity contribution in [2.45, 2.75) is 66.1 Å². The van der Waals surface area contributed by atoms with Crippen LogP contribution in [0.4, 0.5) is 0 Å². The van der Waals surface area contributed by atoms with Crippen LogP contribution in [-0.2, 0) is 19.6 Å². The van der Waals surface area contributed by atoms with Gasteiger partial charge in [-0.2, -0.15) is 0 Å². The summed E-state index contributed by atoms with van der Waals surface area (Å²) in [6.45, 7) is 12.8. The van der Waals surface area contributed by atoms with Crippen molar-refractivity contribution in [3.8, 4) is 0 Å². The Hall–Kier alpha value is -2.97. The zero-order chi connectivity index (χ0) is 24.9. The standard InChI is InChI=1S/C27H41N7O/c1-4-15-33(16-5-2)17-7-6-12-28-19-23-8-10-24(11-9-23)20-34(21-25-29-13-14-30-25)27(35)26-31-18-22(3)32-26/h8-11,13-14,18,28H,4-7,12,15-17,19-21H2,1-3H3,(H,29,30)(H,31,32). The van der Waals surface area contributed by atoms with Crippen LogP contribution in [0.2, 0.25) is 0 Å². The van der Waals surface area contributed by atoms with E-state index >= 15 is 0 Å². The molecule has 2 aromatic heterocycles. The number of amides is 1. The highest BCUT2D eigenvalue weighted by molar-refractivity contribution is 5.90. The molecular weight excluding hydrogens is 438 g/mol. The third kappa shape index (κ3) is 8.96. The maximum atomic E-state index is 13.1. The van der Waals surface area contributed by atoms with Gasteiger partial charge < -0.3 is 25.1 Å². The number of aromatic nitrogens is 4. The number of carbonyl (C=O) groups is 1. The van der Waals surface area contributed by atoms with Gasteiger partial charge in [-0.15, -0.1) is 0 Å². The van der Waals surface area contributed by atoms with Crippen molar-refractivity contribution in [2.24, 2.45) is 0 Å². The van der Waals surface area contributed by atoms with Gasteiger partial charge in [0, 0.05) is 37.4 Å². The van der Waals surface area contributed by atoms with Crippen LogP contribution in [0.15, 0.2) is 42.9 Å². The van der Waals surface area contributed by atoms with E-state index in [1.807, 2.05) is 6.92 Å². The number of H-pyrrole nitrogens is 2. The van der Waals surface area contributed by atoms with E-state index in [2.05, 4.69) is 68.3 Å². The van der Waals surface area contributed by atoms with E-state index < -0.39 is 0 Å². The summed E-state index contributed by atoms with van der Waals surface area (Å²) in [7, 11) is 0. The first kappa shape index (κ1) is 26.6. The van der Waals surface area contributed by atoms with Crippen LogP contribution in [0.1, 0.15) is 72.8 Å². The fourth-order valence-electron chi connectivity index (χ4n) is 4.20. The number of benzene rings is 1. The van der Waals surface area contributed by atoms with Crippen LogP contribution in [0.25, 0.3) is 0 Å². The smallest absolute Gasteiger partial charge is 0.290 e. The second kappa shape index (κ2) is 14.4. The van der Waals surface area contributed by atoms with Crippen molar-refractivity contribution in [3.63, 3.8) is 0 Å². The van der Waals surface area contributed by atoms with Gasteiger partial charge in [-0.1, -0.05) is 38.1 Å². The van der Waals surface area contributed by atoms with Gasteiger partial charge in [0.15, 0.2) is 5.82 Å². The molecule has 0 aliphatic heterocycles. The molecule has 2 heterocycles. The summed E-state index contributed by atoms with van der Waals surface area (Å²) in [5.74, 6) is 0.953. The first-order valence-corrected chi connectivity index (χ1v) is 12.9. The Morgan fingerprint density at radius 2 is 1.71 bits per heavy atom. The Balaban J connectivity index is 1.47. The van der Waals surface area contributed by atoms with Crippen molar-refractivity contribution < 1.29 is 4.79 Å². The quantitative estimate of drug-likeness (QED) is 0.267. The summed E-state index contributed by atoms with van der Waals surface area (Å²) in [6.07, 6.45) is 10.0. The molecule has 0 radical (unpaired) electrons. The first-order chi connectivity index (χ1) is 17.1. The summed E-state index contributed by atoms with van der Waals surface area (Å²) >= 11 is 0. The largest absolute Gasteiger partial charge is 0.347 e. The average Bonchev–Trinajstić information content (AvgIpc) is 3.53. The minimum Gasteiger partial charge on any atom is -0.347 e. The van der Waals surface area contributed by atoms with Crippen molar-refractivity contribution in [3.05, 3.63) is 71.3 Å². The molecule has 8 heteroatoms. The number of aromatic amines is 2. The predicted octanol–water partition coefficient (Wildman–Crippen LogP) is 4.28. The molecule has 0 spiro atoms. The Labute approximate surface area is 209 Å².